The predicted octanol–water partition coefficient (Wildman–Crippen LogP) is 0.340. The van der Waals surface area contributed by atoms with Gasteiger partial charge >= 0.3 is 0 Å². The number of carbonyl (C=O) groups is 1. The highest BCUT2D eigenvalue weighted by Crippen LogP contribution is 2.21. The topological polar surface area (TPSA) is 53.4 Å². The molecule has 2 aliphatic heterocycles. The fourth-order valence-corrected chi connectivity index (χ4v) is 3.68. The van der Waals surface area contributed by atoms with E-state index in [9.17, 15) is 4.79 Å². The van der Waals surface area contributed by atoms with Gasteiger partial charge in [0.1, 0.15) is 5.82 Å². The number of amides is 1. The number of hydrogen-bond donors (Lipinski definition) is 1. The molecule has 0 spiro atoms. The van der Waals surface area contributed by atoms with Gasteiger partial charge in [-0.3, -0.25) is 9.69 Å². The summed E-state index contributed by atoms with van der Waals surface area (Å²) in [6.07, 6.45) is 6.28. The van der Waals surface area contributed by atoms with Gasteiger partial charge < -0.3 is 14.8 Å². The number of aromatic nitrogens is 2. The number of nitrogens with zero attached hydrogens (tertiary/aromatic N) is 4. The summed E-state index contributed by atoms with van der Waals surface area (Å²) in [5.41, 5.74) is 0. The van der Waals surface area contributed by atoms with Crippen LogP contribution in [0.4, 0.5) is 0 Å². The molecule has 2 atom stereocenters. The van der Waals surface area contributed by atoms with Crippen LogP contribution >= 0.6 is 0 Å². The summed E-state index contributed by atoms with van der Waals surface area (Å²) in [4.78, 5) is 21.4. The van der Waals surface area contributed by atoms with Crippen LogP contribution in [-0.4, -0.2) is 70.6 Å². The molecule has 0 saturated carbocycles. The monoisotopic (exact) mass is 305 g/mol. The van der Waals surface area contributed by atoms with E-state index in [4.69, 9.17) is 0 Å². The van der Waals surface area contributed by atoms with Crippen LogP contribution in [-0.2, 0) is 17.8 Å². The Morgan fingerprint density at radius 1 is 1.41 bits per heavy atom. The molecule has 122 valence electrons. The zero-order chi connectivity index (χ0) is 15.5. The van der Waals surface area contributed by atoms with Crippen molar-refractivity contribution in [1.82, 2.24) is 24.7 Å². The van der Waals surface area contributed by atoms with Crippen LogP contribution in [0.5, 0.6) is 0 Å². The number of fused-ring (bicyclic) bond motifs is 1. The Kier molecular flexibility index (Phi) is 4.78. The Morgan fingerprint density at radius 2 is 2.27 bits per heavy atom. The molecule has 0 unspecified atom stereocenters. The van der Waals surface area contributed by atoms with Crippen LogP contribution in [0.3, 0.4) is 0 Å². The van der Waals surface area contributed by atoms with Crippen molar-refractivity contribution >= 4 is 5.91 Å². The second kappa shape index (κ2) is 6.79. The third-order valence-corrected chi connectivity index (χ3v) is 4.88. The summed E-state index contributed by atoms with van der Waals surface area (Å²) in [5, 5.41) is 3.22. The quantitative estimate of drug-likeness (QED) is 0.852. The number of nitrogens with one attached hydrogen (secondary N) is 1. The Balaban J connectivity index is 1.45. The lowest BCUT2D eigenvalue weighted by atomic mass is 10.1. The van der Waals surface area contributed by atoms with Gasteiger partial charge in [-0.1, -0.05) is 6.92 Å². The van der Waals surface area contributed by atoms with Gasteiger partial charge in [-0.25, -0.2) is 4.98 Å². The van der Waals surface area contributed by atoms with E-state index in [0.29, 0.717) is 18.5 Å². The zero-order valence-corrected chi connectivity index (χ0v) is 13.7. The molecule has 6 nitrogen and oxygen atoms in total. The first kappa shape index (κ1) is 15.5. The van der Waals surface area contributed by atoms with Crippen molar-refractivity contribution in [2.75, 3.05) is 33.2 Å². The van der Waals surface area contributed by atoms with Gasteiger partial charge in [-0.15, -0.1) is 0 Å². The van der Waals surface area contributed by atoms with Gasteiger partial charge in [0.05, 0.1) is 0 Å². The first-order valence-corrected chi connectivity index (χ1v) is 8.37. The molecule has 1 aromatic heterocycles. The van der Waals surface area contributed by atoms with Crippen LogP contribution in [0.2, 0.25) is 0 Å². The number of likely N-dealkylation sites (N-methyl/N-ethyl adjacent to an activating group) is 1. The molecule has 0 aromatic carbocycles. The molecule has 0 aliphatic carbocycles. The van der Waals surface area contributed by atoms with Gasteiger partial charge in [0.2, 0.25) is 5.91 Å². The fraction of sp³-hybridized carbons (Fsp3) is 0.750. The van der Waals surface area contributed by atoms with Crippen molar-refractivity contribution < 1.29 is 4.79 Å². The summed E-state index contributed by atoms with van der Waals surface area (Å²) < 4.78 is 2.08. The molecule has 2 aliphatic rings. The van der Waals surface area contributed by atoms with Crippen LogP contribution < -0.4 is 5.32 Å². The first-order chi connectivity index (χ1) is 10.7. The Labute approximate surface area is 132 Å². The molecule has 2 saturated heterocycles. The SMILES string of the molecule is CCc1nccn1CCC(=O)N[C@H]1C[C@H]2CN(C)CCN2C1. The van der Waals surface area contributed by atoms with Crippen molar-refractivity contribution in [2.24, 2.45) is 0 Å². The molecule has 3 rings (SSSR count). The lowest BCUT2D eigenvalue weighted by Gasteiger charge is -2.34. The van der Waals surface area contributed by atoms with E-state index in [2.05, 4.69) is 38.6 Å². The smallest absolute Gasteiger partial charge is 0.222 e. The van der Waals surface area contributed by atoms with E-state index < -0.39 is 0 Å². The van der Waals surface area contributed by atoms with Gasteiger partial charge in [0, 0.05) is 70.0 Å². The second-order valence-corrected chi connectivity index (χ2v) is 6.55. The molecule has 0 bridgehead atoms. The van der Waals surface area contributed by atoms with E-state index in [0.717, 1.165) is 51.4 Å². The molecule has 6 heteroatoms. The summed E-state index contributed by atoms with van der Waals surface area (Å²) >= 11 is 0. The molecule has 2 fully saturated rings. The highest BCUT2D eigenvalue weighted by molar-refractivity contribution is 5.76. The summed E-state index contributed by atoms with van der Waals surface area (Å²) in [7, 11) is 2.18. The maximum atomic E-state index is 12.2. The highest BCUT2D eigenvalue weighted by atomic mass is 16.1. The minimum absolute atomic E-state index is 0.161. The number of hydrogen-bond acceptors (Lipinski definition) is 4. The highest BCUT2D eigenvalue weighted by Gasteiger charge is 2.35. The number of rotatable bonds is 5. The maximum Gasteiger partial charge on any atom is 0.222 e. The maximum absolute atomic E-state index is 12.2. The zero-order valence-electron chi connectivity index (χ0n) is 13.7. The molecule has 22 heavy (non-hydrogen) atoms. The average Bonchev–Trinajstić information content (AvgIpc) is 3.10. The molecule has 0 radical (unpaired) electrons. The third-order valence-electron chi connectivity index (χ3n) is 4.88. The fourth-order valence-electron chi connectivity index (χ4n) is 3.68. The average molecular weight is 305 g/mol. The standard InChI is InChI=1S/C16H27N5O/c1-3-15-17-5-7-20(15)6-4-16(22)18-13-10-14-12-19(2)8-9-21(14)11-13/h5,7,13-14H,3-4,6,8-12H2,1-2H3,(H,18,22)/t13-,14-/m0/s1. The summed E-state index contributed by atoms with van der Waals surface area (Å²) in [6.45, 7) is 7.21. The molecular formula is C16H27N5O. The Hall–Kier alpha value is -1.40. The molecule has 1 amide bonds. The minimum Gasteiger partial charge on any atom is -0.352 e. The van der Waals surface area contributed by atoms with Crippen molar-refractivity contribution in [3.8, 4) is 0 Å². The van der Waals surface area contributed by atoms with Crippen LogP contribution in [0.25, 0.3) is 0 Å². The molecule has 1 aromatic rings. The van der Waals surface area contributed by atoms with Crippen LogP contribution in [0, 0.1) is 0 Å². The lowest BCUT2D eigenvalue weighted by Crippen LogP contribution is -2.48. The number of piperazine rings is 1. The van der Waals surface area contributed by atoms with Crippen LogP contribution in [0.1, 0.15) is 25.6 Å². The summed E-state index contributed by atoms with van der Waals surface area (Å²) in [5.74, 6) is 1.21. The van der Waals surface area contributed by atoms with Crippen molar-refractivity contribution in [3.63, 3.8) is 0 Å². The molecule has 3 heterocycles. The number of carbonyl (C=O) groups excluding carboxylic acids is 1. The van der Waals surface area contributed by atoms with Crippen molar-refractivity contribution in [2.45, 2.75) is 44.8 Å². The van der Waals surface area contributed by atoms with E-state index in [1.54, 1.807) is 0 Å². The van der Waals surface area contributed by atoms with E-state index in [1.807, 2.05) is 12.4 Å². The van der Waals surface area contributed by atoms with Crippen molar-refractivity contribution in [1.29, 1.82) is 0 Å². The summed E-state index contributed by atoms with van der Waals surface area (Å²) in [6, 6.07) is 0.932. The largest absolute Gasteiger partial charge is 0.352 e. The molecular weight excluding hydrogens is 278 g/mol. The van der Waals surface area contributed by atoms with E-state index >= 15 is 0 Å². The number of aryl methyl sites for hydroxylation is 2. The lowest BCUT2D eigenvalue weighted by molar-refractivity contribution is -0.121. The second-order valence-electron chi connectivity index (χ2n) is 6.55. The normalized spacial score (nSPS) is 26.1. The minimum atomic E-state index is 0.161. The van der Waals surface area contributed by atoms with Crippen molar-refractivity contribution in [3.05, 3.63) is 18.2 Å². The van der Waals surface area contributed by atoms with E-state index in [1.165, 1.54) is 0 Å². The Morgan fingerprint density at radius 3 is 3.09 bits per heavy atom. The van der Waals surface area contributed by atoms with Gasteiger partial charge in [0.25, 0.3) is 0 Å². The number of imidazole rings is 1. The van der Waals surface area contributed by atoms with Gasteiger partial charge in [-0.2, -0.15) is 0 Å². The third kappa shape index (κ3) is 3.50. The van der Waals surface area contributed by atoms with E-state index in [-0.39, 0.29) is 5.91 Å². The van der Waals surface area contributed by atoms with Gasteiger partial charge in [-0.05, 0) is 13.5 Å². The first-order valence-electron chi connectivity index (χ1n) is 8.37. The molecule has 1 N–H and O–H groups in total. The van der Waals surface area contributed by atoms with Crippen LogP contribution in [0.15, 0.2) is 12.4 Å². The Bertz CT molecular complexity index is 514. The predicted molar refractivity (Wildman–Crippen MR) is 85.6 cm³/mol. The van der Waals surface area contributed by atoms with Gasteiger partial charge in [0.15, 0.2) is 0 Å².